The fraction of sp³-hybridized carbons (Fsp3) is 0.429. The summed E-state index contributed by atoms with van der Waals surface area (Å²) in [5.74, 6) is 1.35. The molecule has 1 aliphatic carbocycles. The van der Waals surface area contributed by atoms with E-state index < -0.39 is 10.0 Å². The van der Waals surface area contributed by atoms with Crippen molar-refractivity contribution < 1.29 is 12.9 Å². The van der Waals surface area contributed by atoms with Gasteiger partial charge in [-0.05, 0) is 37.5 Å². The van der Waals surface area contributed by atoms with E-state index in [0.717, 1.165) is 29.2 Å². The maximum atomic E-state index is 12.9. The van der Waals surface area contributed by atoms with Crippen LogP contribution >= 0.6 is 23.7 Å². The maximum absolute atomic E-state index is 12.9. The van der Waals surface area contributed by atoms with Gasteiger partial charge >= 0.3 is 0 Å². The fourth-order valence-electron chi connectivity index (χ4n) is 3.92. The number of hydrogen-bond donors (Lipinski definition) is 2. The number of rotatable bonds is 9. The van der Waals surface area contributed by atoms with Crippen LogP contribution < -0.4 is 10.0 Å². The molecule has 3 heterocycles. The molecule has 4 rings (SSSR count). The molecule has 7 nitrogen and oxygen atoms in total. The monoisotopic (exact) mass is 482 g/mol. The van der Waals surface area contributed by atoms with Crippen molar-refractivity contribution in [3.05, 3.63) is 48.4 Å². The lowest BCUT2D eigenvalue weighted by Gasteiger charge is -2.19. The first-order valence-corrected chi connectivity index (χ1v) is 12.5. The lowest BCUT2D eigenvalue weighted by Crippen LogP contribution is -2.28. The normalized spacial score (nSPS) is 15.5. The van der Waals surface area contributed by atoms with Gasteiger partial charge in [0.2, 0.25) is 0 Å². The molecule has 0 spiro atoms. The predicted molar refractivity (Wildman–Crippen MR) is 125 cm³/mol. The van der Waals surface area contributed by atoms with E-state index in [9.17, 15) is 8.42 Å². The molecule has 1 saturated carbocycles. The first kappa shape index (κ1) is 23.7. The van der Waals surface area contributed by atoms with E-state index in [1.165, 1.54) is 31.9 Å². The third-order valence-corrected chi connectivity index (χ3v) is 8.43. The van der Waals surface area contributed by atoms with E-state index in [0.29, 0.717) is 28.9 Å². The van der Waals surface area contributed by atoms with Crippen LogP contribution in [0, 0.1) is 5.92 Å². The largest absolute Gasteiger partial charge is 0.355 e. The zero-order chi connectivity index (χ0) is 21.0. The Morgan fingerprint density at radius 1 is 1.19 bits per heavy atom. The second-order valence-corrected chi connectivity index (χ2v) is 10.8. The van der Waals surface area contributed by atoms with Crippen LogP contribution in [0.25, 0.3) is 10.6 Å². The Labute approximate surface area is 193 Å². The zero-order valence-corrected chi connectivity index (χ0v) is 19.7. The summed E-state index contributed by atoms with van der Waals surface area (Å²) in [4.78, 5) is 4.89. The Balaban J connectivity index is 0.00000272. The quantitative estimate of drug-likeness (QED) is 0.441. The summed E-state index contributed by atoms with van der Waals surface area (Å²) in [6.45, 7) is 2.75. The van der Waals surface area contributed by atoms with Crippen LogP contribution in [0.2, 0.25) is 0 Å². The van der Waals surface area contributed by atoms with E-state index in [-0.39, 0.29) is 16.6 Å². The average molecular weight is 483 g/mol. The van der Waals surface area contributed by atoms with Gasteiger partial charge in [0.05, 0.1) is 16.8 Å². The summed E-state index contributed by atoms with van der Waals surface area (Å²) in [5.41, 5.74) is 1.37. The molecule has 31 heavy (non-hydrogen) atoms. The molecular formula is C21H27ClN4O3S2. The highest BCUT2D eigenvalue weighted by atomic mass is 35.5. The number of pyridine rings is 1. The molecule has 0 aromatic carbocycles. The van der Waals surface area contributed by atoms with Gasteiger partial charge < -0.3 is 9.84 Å². The van der Waals surface area contributed by atoms with Gasteiger partial charge in [0.25, 0.3) is 10.0 Å². The molecule has 168 valence electrons. The minimum Gasteiger partial charge on any atom is -0.355 e. The van der Waals surface area contributed by atoms with Gasteiger partial charge in [-0.25, -0.2) is 8.42 Å². The molecule has 2 N–H and O–H groups in total. The molecule has 0 radical (unpaired) electrons. The Kier molecular flexibility index (Phi) is 8.10. The highest BCUT2D eigenvalue weighted by Gasteiger charge is 2.21. The van der Waals surface area contributed by atoms with Crippen molar-refractivity contribution in [2.45, 2.75) is 55.8 Å². The Morgan fingerprint density at radius 3 is 2.74 bits per heavy atom. The standard InChI is InChI=1S/C21H26N4O3S2.ClH/c1-15(12-16-4-2-3-5-16)23-14-17-13-22-10-8-18(17)25-30(26,27)21-7-6-20(29-21)19-9-11-24-28-19;/h6-11,13,15-16,23H,2-5,12,14H2,1H3,(H,22,25);1H. The summed E-state index contributed by atoms with van der Waals surface area (Å²) in [6.07, 6.45) is 11.3. The van der Waals surface area contributed by atoms with E-state index in [1.807, 2.05) is 0 Å². The summed E-state index contributed by atoms with van der Waals surface area (Å²) in [7, 11) is -3.71. The molecule has 1 atom stereocenters. The van der Waals surface area contributed by atoms with Crippen LogP contribution in [0.1, 0.15) is 44.6 Å². The van der Waals surface area contributed by atoms with Crippen LogP contribution in [-0.2, 0) is 16.6 Å². The molecule has 3 aromatic rings. The topological polar surface area (TPSA) is 97.1 Å². The van der Waals surface area contributed by atoms with Crippen molar-refractivity contribution in [1.29, 1.82) is 0 Å². The van der Waals surface area contributed by atoms with E-state index in [4.69, 9.17) is 4.52 Å². The van der Waals surface area contributed by atoms with Gasteiger partial charge in [-0.3, -0.25) is 9.71 Å². The van der Waals surface area contributed by atoms with Crippen molar-refractivity contribution >= 4 is 39.5 Å². The summed E-state index contributed by atoms with van der Waals surface area (Å²) in [6, 6.07) is 7.07. The molecule has 3 aromatic heterocycles. The first-order chi connectivity index (χ1) is 14.5. The molecular weight excluding hydrogens is 456 g/mol. The van der Waals surface area contributed by atoms with Crippen molar-refractivity contribution in [2.75, 3.05) is 4.72 Å². The predicted octanol–water partition coefficient (Wildman–Crippen LogP) is 5.08. The number of nitrogens with one attached hydrogen (secondary N) is 2. The van der Waals surface area contributed by atoms with Crippen LogP contribution in [0.15, 0.2) is 51.6 Å². The van der Waals surface area contributed by atoms with E-state index in [2.05, 4.69) is 27.1 Å². The number of hydrogen-bond acceptors (Lipinski definition) is 7. The van der Waals surface area contributed by atoms with Crippen molar-refractivity contribution in [3.63, 3.8) is 0 Å². The third-order valence-electron chi connectivity index (χ3n) is 5.48. The maximum Gasteiger partial charge on any atom is 0.271 e. The number of aromatic nitrogens is 2. The number of sulfonamides is 1. The number of halogens is 1. The minimum absolute atomic E-state index is 0. The Morgan fingerprint density at radius 2 is 2.00 bits per heavy atom. The van der Waals surface area contributed by atoms with Crippen LogP contribution in [-0.4, -0.2) is 24.6 Å². The summed E-state index contributed by atoms with van der Waals surface area (Å²) >= 11 is 1.14. The van der Waals surface area contributed by atoms with Crippen molar-refractivity contribution in [1.82, 2.24) is 15.5 Å². The first-order valence-electron chi connectivity index (χ1n) is 10.2. The van der Waals surface area contributed by atoms with E-state index >= 15 is 0 Å². The SMILES string of the molecule is CC(CC1CCCC1)NCc1cnccc1NS(=O)(=O)c1ccc(-c2ccno2)s1.Cl. The van der Waals surface area contributed by atoms with Crippen molar-refractivity contribution in [2.24, 2.45) is 5.92 Å². The lowest BCUT2D eigenvalue weighted by molar-refractivity contribution is 0.404. The highest BCUT2D eigenvalue weighted by Crippen LogP contribution is 2.32. The van der Waals surface area contributed by atoms with Gasteiger partial charge in [-0.1, -0.05) is 30.8 Å². The van der Waals surface area contributed by atoms with Gasteiger partial charge in [0, 0.05) is 36.6 Å². The third kappa shape index (κ3) is 6.06. The van der Waals surface area contributed by atoms with E-state index in [1.54, 1.807) is 36.7 Å². The lowest BCUT2D eigenvalue weighted by atomic mass is 9.99. The van der Waals surface area contributed by atoms with Crippen LogP contribution in [0.4, 0.5) is 5.69 Å². The van der Waals surface area contributed by atoms with Gasteiger partial charge in [0.15, 0.2) is 5.76 Å². The second-order valence-electron chi connectivity index (χ2n) is 7.80. The summed E-state index contributed by atoms with van der Waals surface area (Å²) in [5, 5.41) is 7.19. The number of thiophene rings is 1. The molecule has 0 aliphatic heterocycles. The zero-order valence-electron chi connectivity index (χ0n) is 17.3. The smallest absolute Gasteiger partial charge is 0.271 e. The second kappa shape index (κ2) is 10.6. The summed E-state index contributed by atoms with van der Waals surface area (Å²) < 4.78 is 33.9. The molecule has 1 unspecified atom stereocenters. The minimum atomic E-state index is -3.71. The molecule has 0 bridgehead atoms. The van der Waals surface area contributed by atoms with Crippen molar-refractivity contribution in [3.8, 4) is 10.6 Å². The number of anilines is 1. The molecule has 10 heteroatoms. The highest BCUT2D eigenvalue weighted by molar-refractivity contribution is 7.94. The molecule has 1 aliphatic rings. The fourth-order valence-corrected chi connectivity index (χ4v) is 6.28. The molecule has 0 amide bonds. The van der Waals surface area contributed by atoms with Gasteiger partial charge in [-0.15, -0.1) is 23.7 Å². The Hall–Kier alpha value is -1.94. The average Bonchev–Trinajstić information content (AvgIpc) is 3.48. The molecule has 0 saturated heterocycles. The number of nitrogens with zero attached hydrogens (tertiary/aromatic N) is 2. The Bertz CT molecular complexity index is 1060. The van der Waals surface area contributed by atoms with Gasteiger partial charge in [-0.2, -0.15) is 0 Å². The van der Waals surface area contributed by atoms with Crippen LogP contribution in [0.3, 0.4) is 0 Å². The van der Waals surface area contributed by atoms with Crippen LogP contribution in [0.5, 0.6) is 0 Å². The molecule has 1 fully saturated rings. The van der Waals surface area contributed by atoms with Gasteiger partial charge in [0.1, 0.15) is 4.21 Å².